The first-order valence-corrected chi connectivity index (χ1v) is 5.15. The van der Waals surface area contributed by atoms with Gasteiger partial charge in [-0.25, -0.2) is 4.79 Å². The van der Waals surface area contributed by atoms with Crippen molar-refractivity contribution in [3.05, 3.63) is 20.9 Å². The quantitative estimate of drug-likeness (QED) is 0.416. The summed E-state index contributed by atoms with van der Waals surface area (Å²) in [5, 5.41) is 3.42. The van der Waals surface area contributed by atoms with Crippen LogP contribution in [-0.4, -0.2) is 33.9 Å². The zero-order valence-corrected chi connectivity index (χ0v) is 9.28. The number of carbonyl (C=O) groups excluding carboxylic acids is 1. The molecule has 0 saturated carbocycles. The average molecular weight is 250 g/mol. The Morgan fingerprint density at radius 3 is 3.00 bits per heavy atom. The maximum Gasteiger partial charge on any atom is 0.351 e. The molecule has 10 heteroatoms. The molecule has 0 spiro atoms. The van der Waals surface area contributed by atoms with Crippen LogP contribution in [0.1, 0.15) is 6.42 Å². The van der Waals surface area contributed by atoms with Gasteiger partial charge in [0.15, 0.2) is 0 Å². The van der Waals surface area contributed by atoms with Crippen LogP contribution >= 0.6 is 0 Å². The molecule has 1 aromatic rings. The van der Waals surface area contributed by atoms with E-state index in [1.807, 2.05) is 0 Å². The van der Waals surface area contributed by atoms with Gasteiger partial charge in [0.1, 0.15) is 0 Å². The lowest BCUT2D eigenvalue weighted by atomic mass is 10.1. The lowest BCUT2D eigenvalue weighted by Gasteiger charge is -2.13. The Kier molecular flexibility index (Phi) is 3.11. The Bertz CT molecular complexity index is 575. The molecule has 0 radical (unpaired) electrons. The number of hydrogen-bond donors (Lipinski definition) is 2. The number of carbonyl (C=O) groups is 1. The summed E-state index contributed by atoms with van der Waals surface area (Å²) in [7, 11) is 0. The predicted molar refractivity (Wildman–Crippen MR) is 61.5 cm³/mol. The van der Waals surface area contributed by atoms with Gasteiger partial charge in [0.25, 0.3) is 0 Å². The number of H-pyrrole nitrogens is 1. The topological polar surface area (TPSA) is 154 Å². The second-order valence-corrected chi connectivity index (χ2v) is 3.83. The van der Waals surface area contributed by atoms with Crippen molar-refractivity contribution in [3.8, 4) is 0 Å². The SMILES string of the molecule is [N-]=[N+]=NCC1CC(=O)N(c2nc(N)[nH]c(=O)n2)C1. The third-order valence-electron chi connectivity index (χ3n) is 2.51. The van der Waals surface area contributed by atoms with Gasteiger partial charge in [-0.2, -0.15) is 9.97 Å². The first-order valence-electron chi connectivity index (χ1n) is 5.15. The van der Waals surface area contributed by atoms with Crippen molar-refractivity contribution in [2.45, 2.75) is 6.42 Å². The smallest absolute Gasteiger partial charge is 0.351 e. The fourth-order valence-electron chi connectivity index (χ4n) is 1.76. The molecule has 3 N–H and O–H groups in total. The monoisotopic (exact) mass is 250 g/mol. The summed E-state index contributed by atoms with van der Waals surface area (Å²) in [5.41, 5.74) is 12.9. The standard InChI is InChI=1S/C8H10N8O2/c9-6-12-7(14-8(18)13-6)16-3-4(1-5(16)17)2-11-15-10/h4H,1-3H2,(H3,9,12,13,14,18). The van der Waals surface area contributed by atoms with Crippen LogP contribution in [0.5, 0.6) is 0 Å². The summed E-state index contributed by atoms with van der Waals surface area (Å²) in [6.45, 7) is 0.526. The second-order valence-electron chi connectivity index (χ2n) is 3.83. The molecule has 0 aliphatic carbocycles. The van der Waals surface area contributed by atoms with Gasteiger partial charge >= 0.3 is 5.69 Å². The minimum atomic E-state index is -0.663. The molecule has 1 aliphatic rings. The predicted octanol–water partition coefficient (Wildman–Crippen LogP) is -0.590. The molecule has 1 aliphatic heterocycles. The minimum Gasteiger partial charge on any atom is -0.369 e. The Labute approximate surface area is 100 Å². The maximum atomic E-state index is 11.7. The Morgan fingerprint density at radius 2 is 2.33 bits per heavy atom. The third-order valence-corrected chi connectivity index (χ3v) is 2.51. The van der Waals surface area contributed by atoms with Gasteiger partial charge in [-0.3, -0.25) is 14.7 Å². The van der Waals surface area contributed by atoms with Crippen LogP contribution in [0.4, 0.5) is 11.9 Å². The molecule has 1 amide bonds. The average Bonchev–Trinajstić information content (AvgIpc) is 2.66. The number of aromatic nitrogens is 3. The molecule has 94 valence electrons. The highest BCUT2D eigenvalue weighted by molar-refractivity contribution is 5.94. The summed E-state index contributed by atoms with van der Waals surface area (Å²) in [4.78, 5) is 36.3. The molecule has 2 rings (SSSR count). The summed E-state index contributed by atoms with van der Waals surface area (Å²) >= 11 is 0. The zero-order chi connectivity index (χ0) is 13.1. The molecule has 1 aromatic heterocycles. The molecule has 1 unspecified atom stereocenters. The van der Waals surface area contributed by atoms with Crippen LogP contribution in [0, 0.1) is 5.92 Å². The number of nitrogens with zero attached hydrogens (tertiary/aromatic N) is 6. The van der Waals surface area contributed by atoms with Crippen molar-refractivity contribution < 1.29 is 4.79 Å². The summed E-state index contributed by atoms with van der Waals surface area (Å²) in [6.07, 6.45) is 0.231. The van der Waals surface area contributed by atoms with Crippen molar-refractivity contribution in [1.29, 1.82) is 0 Å². The summed E-state index contributed by atoms with van der Waals surface area (Å²) in [6, 6.07) is 0. The van der Waals surface area contributed by atoms with E-state index in [-0.39, 0.29) is 36.7 Å². The van der Waals surface area contributed by atoms with Gasteiger partial charge in [-0.05, 0) is 11.4 Å². The molecule has 18 heavy (non-hydrogen) atoms. The van der Waals surface area contributed by atoms with Crippen molar-refractivity contribution in [2.75, 3.05) is 23.7 Å². The van der Waals surface area contributed by atoms with Crippen molar-refractivity contribution in [3.63, 3.8) is 0 Å². The maximum absolute atomic E-state index is 11.7. The highest BCUT2D eigenvalue weighted by atomic mass is 16.2. The summed E-state index contributed by atoms with van der Waals surface area (Å²) < 4.78 is 0. The van der Waals surface area contributed by atoms with Crippen LogP contribution < -0.4 is 16.3 Å². The molecule has 1 fully saturated rings. The zero-order valence-electron chi connectivity index (χ0n) is 9.28. The molecular formula is C8H10N8O2. The number of nitrogens with one attached hydrogen (secondary N) is 1. The number of nitrogens with two attached hydrogens (primary N) is 1. The fourth-order valence-corrected chi connectivity index (χ4v) is 1.76. The van der Waals surface area contributed by atoms with Gasteiger partial charge in [0, 0.05) is 24.4 Å². The molecule has 2 heterocycles. The van der Waals surface area contributed by atoms with E-state index in [4.69, 9.17) is 11.3 Å². The van der Waals surface area contributed by atoms with E-state index >= 15 is 0 Å². The molecule has 0 bridgehead atoms. The second kappa shape index (κ2) is 4.72. The van der Waals surface area contributed by atoms with Crippen molar-refractivity contribution in [2.24, 2.45) is 11.0 Å². The van der Waals surface area contributed by atoms with Crippen LogP contribution in [0.2, 0.25) is 0 Å². The van der Waals surface area contributed by atoms with Gasteiger partial charge in [0.2, 0.25) is 17.8 Å². The van der Waals surface area contributed by atoms with Crippen LogP contribution in [0.25, 0.3) is 10.4 Å². The lowest BCUT2D eigenvalue weighted by molar-refractivity contribution is -0.117. The molecule has 0 aromatic carbocycles. The van der Waals surface area contributed by atoms with Crippen molar-refractivity contribution in [1.82, 2.24) is 15.0 Å². The lowest BCUT2D eigenvalue weighted by Crippen LogP contribution is -2.30. The van der Waals surface area contributed by atoms with Crippen LogP contribution in [-0.2, 0) is 4.79 Å². The third kappa shape index (κ3) is 2.38. The molecular weight excluding hydrogens is 240 g/mol. The highest BCUT2D eigenvalue weighted by Gasteiger charge is 2.32. The summed E-state index contributed by atoms with van der Waals surface area (Å²) in [5.74, 6) is -0.448. The van der Waals surface area contributed by atoms with E-state index < -0.39 is 5.69 Å². The molecule has 1 atom stereocenters. The molecule has 10 nitrogen and oxygen atoms in total. The Hall–Kier alpha value is -2.61. The Balaban J connectivity index is 2.21. The minimum absolute atomic E-state index is 0.0234. The van der Waals surface area contributed by atoms with E-state index in [1.165, 1.54) is 4.90 Å². The van der Waals surface area contributed by atoms with E-state index in [2.05, 4.69) is 25.0 Å². The van der Waals surface area contributed by atoms with E-state index in [0.717, 1.165) is 0 Å². The largest absolute Gasteiger partial charge is 0.369 e. The Morgan fingerprint density at radius 1 is 1.56 bits per heavy atom. The number of rotatable bonds is 3. The number of aromatic amines is 1. The number of amides is 1. The van der Waals surface area contributed by atoms with E-state index in [9.17, 15) is 9.59 Å². The number of azide groups is 1. The van der Waals surface area contributed by atoms with Gasteiger partial charge < -0.3 is 5.73 Å². The molecule has 1 saturated heterocycles. The number of nitrogen functional groups attached to an aromatic ring is 1. The van der Waals surface area contributed by atoms with Gasteiger partial charge in [-0.15, -0.1) is 0 Å². The fraction of sp³-hybridized carbons (Fsp3) is 0.500. The van der Waals surface area contributed by atoms with Gasteiger partial charge in [0.05, 0.1) is 0 Å². The van der Waals surface area contributed by atoms with Crippen molar-refractivity contribution >= 4 is 17.8 Å². The van der Waals surface area contributed by atoms with E-state index in [0.29, 0.717) is 6.54 Å². The first-order chi connectivity index (χ1) is 8.60. The van der Waals surface area contributed by atoms with Gasteiger partial charge in [-0.1, -0.05) is 5.11 Å². The van der Waals surface area contributed by atoms with E-state index in [1.54, 1.807) is 0 Å². The number of anilines is 2. The number of hydrogen-bond acceptors (Lipinski definition) is 6. The van der Waals surface area contributed by atoms with Crippen LogP contribution in [0.3, 0.4) is 0 Å². The van der Waals surface area contributed by atoms with Crippen LogP contribution in [0.15, 0.2) is 9.91 Å². The highest BCUT2D eigenvalue weighted by Crippen LogP contribution is 2.21. The first kappa shape index (κ1) is 11.9. The normalized spacial score (nSPS) is 18.8.